The van der Waals surface area contributed by atoms with E-state index in [1.165, 1.54) is 30.3 Å². The zero-order chi connectivity index (χ0) is 13.1. The summed E-state index contributed by atoms with van der Waals surface area (Å²) in [6, 6.07) is 7.09. The first-order chi connectivity index (χ1) is 8.58. The van der Waals surface area contributed by atoms with Gasteiger partial charge in [-0.25, -0.2) is 4.39 Å². The lowest BCUT2D eigenvalue weighted by atomic mass is 10.3. The van der Waals surface area contributed by atoms with Crippen molar-refractivity contribution in [3.63, 3.8) is 0 Å². The van der Waals surface area contributed by atoms with E-state index in [2.05, 4.69) is 15.5 Å². The second-order valence-corrected chi connectivity index (χ2v) is 4.09. The van der Waals surface area contributed by atoms with Crippen LogP contribution >= 0.6 is 23.2 Å². The van der Waals surface area contributed by atoms with Crippen molar-refractivity contribution in [2.45, 2.75) is 0 Å². The zero-order valence-electron chi connectivity index (χ0n) is 8.82. The largest absolute Gasteiger partial charge is 0.318 e. The van der Waals surface area contributed by atoms with Crippen molar-refractivity contribution in [1.29, 1.82) is 0 Å². The molecule has 2 rings (SSSR count). The van der Waals surface area contributed by atoms with Gasteiger partial charge in [-0.15, -0.1) is 10.2 Å². The van der Waals surface area contributed by atoms with E-state index in [0.29, 0.717) is 0 Å². The lowest BCUT2D eigenvalue weighted by molar-refractivity contribution is 0.102. The van der Waals surface area contributed by atoms with E-state index >= 15 is 0 Å². The van der Waals surface area contributed by atoms with Gasteiger partial charge < -0.3 is 5.32 Å². The van der Waals surface area contributed by atoms with E-state index in [0.717, 1.165) is 0 Å². The molecule has 0 atom stereocenters. The first-order valence-electron chi connectivity index (χ1n) is 4.82. The molecule has 0 aliphatic carbocycles. The number of halogens is 3. The average molecular weight is 286 g/mol. The first kappa shape index (κ1) is 12.7. The van der Waals surface area contributed by atoms with E-state index in [4.69, 9.17) is 23.2 Å². The fourth-order valence-corrected chi connectivity index (χ4v) is 1.50. The molecule has 7 heteroatoms. The number of anilines is 1. The zero-order valence-corrected chi connectivity index (χ0v) is 10.3. The molecule has 1 heterocycles. The minimum atomic E-state index is -0.700. The van der Waals surface area contributed by atoms with Gasteiger partial charge in [-0.05, 0) is 24.3 Å². The summed E-state index contributed by atoms with van der Waals surface area (Å²) in [5.74, 6) is -1.30. The summed E-state index contributed by atoms with van der Waals surface area (Å²) in [7, 11) is 0. The summed E-state index contributed by atoms with van der Waals surface area (Å²) in [5, 5.41) is 9.53. The highest BCUT2D eigenvalue weighted by Crippen LogP contribution is 2.22. The third-order valence-electron chi connectivity index (χ3n) is 2.06. The van der Waals surface area contributed by atoms with Crippen LogP contribution in [0.3, 0.4) is 0 Å². The number of hydrogen-bond donors (Lipinski definition) is 1. The van der Waals surface area contributed by atoms with Crippen LogP contribution in [0.25, 0.3) is 0 Å². The van der Waals surface area contributed by atoms with Crippen LogP contribution in [0.15, 0.2) is 30.3 Å². The molecule has 0 bridgehead atoms. The number of rotatable bonds is 2. The average Bonchev–Trinajstić information content (AvgIpc) is 2.36. The smallest absolute Gasteiger partial charge is 0.276 e. The predicted molar refractivity (Wildman–Crippen MR) is 66.4 cm³/mol. The maximum absolute atomic E-state index is 13.5. The molecule has 1 N–H and O–H groups in total. The van der Waals surface area contributed by atoms with E-state index in [1.54, 1.807) is 0 Å². The van der Waals surface area contributed by atoms with Crippen LogP contribution in [0.5, 0.6) is 0 Å². The van der Waals surface area contributed by atoms with Crippen molar-refractivity contribution in [3.05, 3.63) is 52.0 Å². The Labute approximate surface area is 112 Å². The molecule has 1 aromatic carbocycles. The van der Waals surface area contributed by atoms with Crippen LogP contribution in [0.1, 0.15) is 10.5 Å². The summed E-state index contributed by atoms with van der Waals surface area (Å²) >= 11 is 11.1. The fraction of sp³-hybridized carbons (Fsp3) is 0. The molecule has 18 heavy (non-hydrogen) atoms. The van der Waals surface area contributed by atoms with Crippen molar-refractivity contribution in [3.8, 4) is 0 Å². The minimum absolute atomic E-state index is 0.0238. The number of carbonyl (C=O) groups excluding carboxylic acids is 1. The monoisotopic (exact) mass is 285 g/mol. The number of benzene rings is 1. The molecule has 2 aromatic rings. The maximum Gasteiger partial charge on any atom is 0.276 e. The van der Waals surface area contributed by atoms with Gasteiger partial charge >= 0.3 is 0 Å². The van der Waals surface area contributed by atoms with Crippen molar-refractivity contribution in [2.24, 2.45) is 0 Å². The van der Waals surface area contributed by atoms with Crippen molar-refractivity contribution in [2.75, 3.05) is 5.32 Å². The van der Waals surface area contributed by atoms with Gasteiger partial charge in [0.15, 0.2) is 16.7 Å². The molecule has 92 valence electrons. The maximum atomic E-state index is 13.5. The molecule has 4 nitrogen and oxygen atoms in total. The molecule has 1 amide bonds. The Morgan fingerprint density at radius 3 is 2.61 bits per heavy atom. The second-order valence-electron chi connectivity index (χ2n) is 3.30. The second kappa shape index (κ2) is 5.29. The van der Waals surface area contributed by atoms with Crippen LogP contribution < -0.4 is 5.32 Å². The molecule has 0 saturated carbocycles. The summed E-state index contributed by atoms with van der Waals surface area (Å²) in [4.78, 5) is 11.7. The highest BCUT2D eigenvalue weighted by atomic mass is 35.5. The first-order valence-corrected chi connectivity index (χ1v) is 5.58. The molecule has 1 aromatic heterocycles. The van der Waals surface area contributed by atoms with Crippen LogP contribution in [-0.4, -0.2) is 16.1 Å². The quantitative estimate of drug-likeness (QED) is 0.922. The molecule has 0 spiro atoms. The lowest BCUT2D eigenvalue weighted by Crippen LogP contribution is -2.15. The fourth-order valence-electron chi connectivity index (χ4n) is 1.22. The van der Waals surface area contributed by atoms with E-state index in [9.17, 15) is 9.18 Å². The van der Waals surface area contributed by atoms with Gasteiger partial charge in [0.05, 0.1) is 10.7 Å². The van der Waals surface area contributed by atoms with Gasteiger partial charge in [-0.3, -0.25) is 4.79 Å². The van der Waals surface area contributed by atoms with E-state index in [-0.39, 0.29) is 21.6 Å². The lowest BCUT2D eigenvalue weighted by Gasteiger charge is -2.06. The molecule has 0 saturated heterocycles. The molecule has 0 radical (unpaired) electrons. The number of nitrogens with one attached hydrogen (secondary N) is 1. The van der Waals surface area contributed by atoms with Crippen molar-refractivity contribution >= 4 is 34.8 Å². The minimum Gasteiger partial charge on any atom is -0.318 e. The molecular formula is C11H6Cl2FN3O. The standard InChI is InChI=1S/C11H6Cl2FN3O/c12-6-2-1-3-7(10(6)14)15-11(18)8-4-5-9(13)17-16-8/h1-5H,(H,15,18). The SMILES string of the molecule is O=C(Nc1cccc(Cl)c1F)c1ccc(Cl)nn1. The Morgan fingerprint density at radius 2 is 1.94 bits per heavy atom. The summed E-state index contributed by atoms with van der Waals surface area (Å²) in [6.07, 6.45) is 0. The topological polar surface area (TPSA) is 54.9 Å². The molecule has 0 aliphatic rings. The number of hydrogen-bond acceptors (Lipinski definition) is 3. The Kier molecular flexibility index (Phi) is 3.74. The summed E-state index contributed by atoms with van der Waals surface area (Å²) in [5.41, 5.74) is 0.00280. The normalized spacial score (nSPS) is 10.2. The van der Waals surface area contributed by atoms with Crippen LogP contribution in [0, 0.1) is 5.82 Å². The van der Waals surface area contributed by atoms with Gasteiger partial charge in [-0.2, -0.15) is 0 Å². The molecule has 0 aliphatic heterocycles. The van der Waals surface area contributed by atoms with Crippen LogP contribution in [0.4, 0.5) is 10.1 Å². The highest BCUT2D eigenvalue weighted by molar-refractivity contribution is 6.31. The summed E-state index contributed by atoms with van der Waals surface area (Å²) in [6.45, 7) is 0. The van der Waals surface area contributed by atoms with Crippen molar-refractivity contribution < 1.29 is 9.18 Å². The number of amides is 1. The Bertz CT molecular complexity index is 589. The Morgan fingerprint density at radius 1 is 1.17 bits per heavy atom. The van der Waals surface area contributed by atoms with Crippen LogP contribution in [0.2, 0.25) is 10.2 Å². The highest BCUT2D eigenvalue weighted by Gasteiger charge is 2.12. The number of aromatic nitrogens is 2. The van der Waals surface area contributed by atoms with Gasteiger partial charge in [0.25, 0.3) is 5.91 Å². The van der Waals surface area contributed by atoms with Gasteiger partial charge in [0, 0.05) is 0 Å². The molecule has 0 unspecified atom stereocenters. The third kappa shape index (κ3) is 2.75. The Hall–Kier alpha value is -1.72. The predicted octanol–water partition coefficient (Wildman–Crippen LogP) is 3.17. The van der Waals surface area contributed by atoms with Gasteiger partial charge in [-0.1, -0.05) is 29.3 Å². The number of nitrogens with zero attached hydrogens (tertiary/aromatic N) is 2. The Balaban J connectivity index is 2.21. The van der Waals surface area contributed by atoms with Gasteiger partial charge in [0.1, 0.15) is 0 Å². The van der Waals surface area contributed by atoms with Crippen LogP contribution in [-0.2, 0) is 0 Å². The van der Waals surface area contributed by atoms with E-state index in [1.807, 2.05) is 0 Å². The van der Waals surface area contributed by atoms with Gasteiger partial charge in [0.2, 0.25) is 0 Å². The third-order valence-corrected chi connectivity index (χ3v) is 2.56. The van der Waals surface area contributed by atoms with E-state index < -0.39 is 11.7 Å². The van der Waals surface area contributed by atoms with Crippen molar-refractivity contribution in [1.82, 2.24) is 10.2 Å². The summed E-state index contributed by atoms with van der Waals surface area (Å²) < 4.78 is 13.5. The molecule has 0 fully saturated rings. The molecular weight excluding hydrogens is 280 g/mol. The number of carbonyl (C=O) groups is 1.